The molecule has 1 unspecified atom stereocenters. The third kappa shape index (κ3) is 4.86. The predicted molar refractivity (Wildman–Crippen MR) is 128 cm³/mol. The maximum Gasteiger partial charge on any atom is 0.220 e. The van der Waals surface area contributed by atoms with Crippen LogP contribution in [0.4, 0.5) is 4.39 Å². The summed E-state index contributed by atoms with van der Waals surface area (Å²) in [4.78, 5) is 18.5. The van der Waals surface area contributed by atoms with Gasteiger partial charge < -0.3 is 9.73 Å². The van der Waals surface area contributed by atoms with Crippen LogP contribution in [0.2, 0.25) is 0 Å². The normalized spacial score (nSPS) is 15.1. The molecule has 1 N–H and O–H groups in total. The minimum Gasteiger partial charge on any atom is -0.440 e. The van der Waals surface area contributed by atoms with E-state index in [1.807, 2.05) is 60.7 Å². The molecule has 1 amide bonds. The molecule has 2 heterocycles. The van der Waals surface area contributed by atoms with Gasteiger partial charge >= 0.3 is 0 Å². The highest BCUT2D eigenvalue weighted by molar-refractivity contribution is 7.99. The first-order valence-corrected chi connectivity index (χ1v) is 12.0. The van der Waals surface area contributed by atoms with Crippen molar-refractivity contribution in [1.29, 1.82) is 0 Å². The number of nitrogens with zero attached hydrogens (tertiary/aromatic N) is 1. The zero-order chi connectivity index (χ0) is 22.6. The molecule has 5 rings (SSSR count). The number of carbonyl (C=O) groups excluding carboxylic acids is 1. The molecule has 0 bridgehead atoms. The number of carbonyl (C=O) groups is 1. The zero-order valence-corrected chi connectivity index (χ0v) is 18.8. The first kappa shape index (κ1) is 21.5. The maximum atomic E-state index is 13.8. The SMILES string of the molecule is O=C(CCc1nc(-c2ccccc2)c(-c2ccccc2)o1)NC1CCSc2ccc(F)cc21. The standard InChI is InChI=1S/C27H23FN2O2S/c28-20-11-12-23-21(17-20)22(15-16-33-23)29-24(31)13-14-25-30-26(18-7-3-1-4-8-18)27(32-25)19-9-5-2-6-10-19/h1-12,17,22H,13-16H2,(H,29,31). The molecule has 0 spiro atoms. The number of amides is 1. The van der Waals surface area contributed by atoms with Crippen molar-refractivity contribution < 1.29 is 13.6 Å². The molecule has 166 valence electrons. The Hall–Kier alpha value is -3.38. The van der Waals surface area contributed by atoms with Crippen molar-refractivity contribution in [1.82, 2.24) is 10.3 Å². The number of aryl methyl sites for hydroxylation is 1. The van der Waals surface area contributed by atoms with Gasteiger partial charge in [-0.25, -0.2) is 9.37 Å². The van der Waals surface area contributed by atoms with Crippen molar-refractivity contribution in [3.8, 4) is 22.6 Å². The molecule has 0 fully saturated rings. The molecule has 1 aliphatic heterocycles. The van der Waals surface area contributed by atoms with Crippen molar-refractivity contribution in [2.24, 2.45) is 0 Å². The Kier molecular flexibility index (Phi) is 6.26. The van der Waals surface area contributed by atoms with Crippen molar-refractivity contribution in [3.05, 3.63) is 96.1 Å². The summed E-state index contributed by atoms with van der Waals surface area (Å²) in [5.41, 5.74) is 3.53. The van der Waals surface area contributed by atoms with Crippen LogP contribution in [0, 0.1) is 5.82 Å². The third-order valence-electron chi connectivity index (χ3n) is 5.67. The quantitative estimate of drug-likeness (QED) is 0.362. The first-order chi connectivity index (χ1) is 16.2. The molecule has 0 aliphatic carbocycles. The van der Waals surface area contributed by atoms with Crippen molar-refractivity contribution >= 4 is 17.7 Å². The third-order valence-corrected chi connectivity index (χ3v) is 6.79. The van der Waals surface area contributed by atoms with Gasteiger partial charge in [0.1, 0.15) is 11.5 Å². The number of fused-ring (bicyclic) bond motifs is 1. The zero-order valence-electron chi connectivity index (χ0n) is 18.0. The largest absolute Gasteiger partial charge is 0.440 e. The highest BCUT2D eigenvalue weighted by atomic mass is 32.2. The average molecular weight is 459 g/mol. The van der Waals surface area contributed by atoms with E-state index in [4.69, 9.17) is 9.40 Å². The summed E-state index contributed by atoms with van der Waals surface area (Å²) >= 11 is 1.70. The smallest absolute Gasteiger partial charge is 0.220 e. The minimum absolute atomic E-state index is 0.0946. The summed E-state index contributed by atoms with van der Waals surface area (Å²) in [6, 6.07) is 24.4. The summed E-state index contributed by atoms with van der Waals surface area (Å²) < 4.78 is 19.9. The monoisotopic (exact) mass is 458 g/mol. The van der Waals surface area contributed by atoms with Gasteiger partial charge in [0, 0.05) is 34.6 Å². The Morgan fingerprint density at radius 2 is 1.76 bits per heavy atom. The van der Waals surface area contributed by atoms with Crippen LogP contribution in [0.3, 0.4) is 0 Å². The van der Waals surface area contributed by atoms with Gasteiger partial charge in [-0.1, -0.05) is 60.7 Å². The number of thioether (sulfide) groups is 1. The lowest BCUT2D eigenvalue weighted by Gasteiger charge is -2.26. The predicted octanol–water partition coefficient (Wildman–Crippen LogP) is 6.43. The Balaban J connectivity index is 1.32. The summed E-state index contributed by atoms with van der Waals surface area (Å²) in [5.74, 6) is 1.74. The fourth-order valence-corrected chi connectivity index (χ4v) is 5.16. The van der Waals surface area contributed by atoms with Gasteiger partial charge in [-0.15, -0.1) is 11.8 Å². The number of benzene rings is 3. The Labute approximate surface area is 196 Å². The van der Waals surface area contributed by atoms with Crippen molar-refractivity contribution in [3.63, 3.8) is 0 Å². The Morgan fingerprint density at radius 3 is 2.52 bits per heavy atom. The van der Waals surface area contributed by atoms with Gasteiger partial charge in [0.2, 0.25) is 5.91 Å². The maximum absolute atomic E-state index is 13.8. The van der Waals surface area contributed by atoms with Crippen LogP contribution in [0.5, 0.6) is 0 Å². The molecule has 0 saturated heterocycles. The first-order valence-electron chi connectivity index (χ1n) is 11.0. The lowest BCUT2D eigenvalue weighted by Crippen LogP contribution is -2.30. The average Bonchev–Trinajstić information content (AvgIpc) is 3.29. The number of halogens is 1. The van der Waals surface area contributed by atoms with E-state index in [1.165, 1.54) is 12.1 Å². The molecular formula is C27H23FN2O2S. The van der Waals surface area contributed by atoms with Crippen molar-refractivity contribution in [2.75, 3.05) is 5.75 Å². The fourth-order valence-electron chi connectivity index (χ4n) is 4.05. The lowest BCUT2D eigenvalue weighted by molar-refractivity contribution is -0.121. The van der Waals surface area contributed by atoms with E-state index in [0.717, 1.165) is 39.5 Å². The van der Waals surface area contributed by atoms with Gasteiger partial charge in [-0.2, -0.15) is 0 Å². The Morgan fingerprint density at radius 1 is 1.03 bits per heavy atom. The molecule has 33 heavy (non-hydrogen) atoms. The molecule has 3 aromatic carbocycles. The highest BCUT2D eigenvalue weighted by Crippen LogP contribution is 2.37. The molecule has 4 nitrogen and oxygen atoms in total. The molecule has 1 aromatic heterocycles. The molecule has 1 atom stereocenters. The van der Waals surface area contributed by atoms with E-state index >= 15 is 0 Å². The van der Waals surface area contributed by atoms with Crippen LogP contribution in [0.25, 0.3) is 22.6 Å². The van der Waals surface area contributed by atoms with E-state index in [9.17, 15) is 9.18 Å². The second-order valence-corrected chi connectivity index (χ2v) is 9.09. The van der Waals surface area contributed by atoms with Crippen LogP contribution in [-0.4, -0.2) is 16.6 Å². The minimum atomic E-state index is -0.280. The van der Waals surface area contributed by atoms with E-state index in [2.05, 4.69) is 5.32 Å². The second kappa shape index (κ2) is 9.63. The summed E-state index contributed by atoms with van der Waals surface area (Å²) in [5, 5.41) is 3.07. The Bertz CT molecular complexity index is 1200. The molecule has 0 saturated carbocycles. The van der Waals surface area contributed by atoms with Gasteiger partial charge in [0.25, 0.3) is 0 Å². The van der Waals surface area contributed by atoms with Gasteiger partial charge in [-0.3, -0.25) is 4.79 Å². The summed E-state index contributed by atoms with van der Waals surface area (Å²) in [7, 11) is 0. The van der Waals surface area contributed by atoms with Gasteiger partial charge in [0.05, 0.1) is 6.04 Å². The molecule has 1 aliphatic rings. The van der Waals surface area contributed by atoms with Gasteiger partial charge in [0.15, 0.2) is 11.7 Å². The van der Waals surface area contributed by atoms with Crippen molar-refractivity contribution in [2.45, 2.75) is 30.2 Å². The lowest BCUT2D eigenvalue weighted by atomic mass is 10.0. The van der Waals surface area contributed by atoms with Crippen LogP contribution < -0.4 is 5.32 Å². The molecule has 4 aromatic rings. The summed E-state index contributed by atoms with van der Waals surface area (Å²) in [6.07, 6.45) is 1.41. The number of oxazole rings is 1. The number of nitrogens with one attached hydrogen (secondary N) is 1. The highest BCUT2D eigenvalue weighted by Gasteiger charge is 2.23. The molecular weight excluding hydrogens is 435 g/mol. The van der Waals surface area contributed by atoms with Gasteiger partial charge in [-0.05, 0) is 30.2 Å². The number of rotatable bonds is 6. The van der Waals surface area contributed by atoms with Crippen LogP contribution in [-0.2, 0) is 11.2 Å². The second-order valence-electron chi connectivity index (χ2n) is 7.96. The molecule has 6 heteroatoms. The van der Waals surface area contributed by atoms with Crippen LogP contribution in [0.1, 0.15) is 30.3 Å². The molecule has 0 radical (unpaired) electrons. The topological polar surface area (TPSA) is 55.1 Å². The van der Waals surface area contributed by atoms with E-state index in [1.54, 1.807) is 17.8 Å². The number of hydrogen-bond acceptors (Lipinski definition) is 4. The van der Waals surface area contributed by atoms with Crippen LogP contribution in [0.15, 0.2) is 88.2 Å². The summed E-state index contributed by atoms with van der Waals surface area (Å²) in [6.45, 7) is 0. The number of hydrogen-bond donors (Lipinski definition) is 1. The number of aromatic nitrogens is 1. The van der Waals surface area contributed by atoms with E-state index in [0.29, 0.717) is 18.1 Å². The fraction of sp³-hybridized carbons (Fsp3) is 0.185. The van der Waals surface area contributed by atoms with E-state index < -0.39 is 0 Å². The van der Waals surface area contributed by atoms with Crippen LogP contribution >= 0.6 is 11.8 Å². The van der Waals surface area contributed by atoms with E-state index in [-0.39, 0.29) is 24.2 Å².